The zero-order valence-electron chi connectivity index (χ0n) is 21.5. The molecule has 3 aromatic carbocycles. The topological polar surface area (TPSA) is 143 Å². The first kappa shape index (κ1) is 27.2. The van der Waals surface area contributed by atoms with E-state index in [0.717, 1.165) is 0 Å². The first-order chi connectivity index (χ1) is 19.7. The number of aromatic nitrogens is 2. The van der Waals surface area contributed by atoms with Gasteiger partial charge < -0.3 is 25.2 Å². The van der Waals surface area contributed by atoms with Gasteiger partial charge in [0.15, 0.2) is 0 Å². The van der Waals surface area contributed by atoms with Gasteiger partial charge in [0.2, 0.25) is 5.91 Å². The first-order valence-electron chi connectivity index (χ1n) is 12.6. The number of amides is 2. The average Bonchev–Trinajstić information content (AvgIpc) is 3.31. The van der Waals surface area contributed by atoms with Crippen molar-refractivity contribution in [3.63, 3.8) is 0 Å². The van der Waals surface area contributed by atoms with Crippen molar-refractivity contribution in [2.75, 3.05) is 11.9 Å². The van der Waals surface area contributed by atoms with Crippen molar-refractivity contribution in [1.82, 2.24) is 19.8 Å². The number of hydrogen-bond acceptors (Lipinski definition) is 6. The summed E-state index contributed by atoms with van der Waals surface area (Å²) in [5.74, 6) is -0.316. The largest absolute Gasteiger partial charge is 0.465 e. The number of fused-ring (bicyclic) bond motifs is 1. The number of imidazole rings is 1. The van der Waals surface area contributed by atoms with Crippen LogP contribution in [0.4, 0.5) is 30.8 Å². The van der Waals surface area contributed by atoms with E-state index in [4.69, 9.17) is 4.98 Å². The molecule has 0 saturated carbocycles. The number of nitrogens with one attached hydrogen (secondary N) is 2. The van der Waals surface area contributed by atoms with Gasteiger partial charge in [-0.1, -0.05) is 24.3 Å². The Hall–Kier alpha value is -5.33. The molecule has 0 aliphatic carbocycles. The zero-order valence-corrected chi connectivity index (χ0v) is 21.5. The molecule has 1 atom stereocenters. The third kappa shape index (κ3) is 6.13. The number of nitro groups is 1. The molecule has 2 amide bonds. The van der Waals surface area contributed by atoms with E-state index in [2.05, 4.69) is 10.6 Å². The molecule has 0 radical (unpaired) electrons. The normalized spacial score (nSPS) is 13.3. The molecule has 210 valence electrons. The van der Waals surface area contributed by atoms with Gasteiger partial charge in [-0.25, -0.2) is 18.6 Å². The Kier molecular flexibility index (Phi) is 7.59. The van der Waals surface area contributed by atoms with Gasteiger partial charge in [0.25, 0.3) is 5.69 Å². The molecule has 0 saturated heterocycles. The van der Waals surface area contributed by atoms with Crippen molar-refractivity contribution in [2.24, 2.45) is 0 Å². The zero-order chi connectivity index (χ0) is 29.1. The molecule has 0 spiro atoms. The fraction of sp³-hybridized carbons (Fsp3) is 0.179. The SMILES string of the molecule is O=C(O)N[C@@H](Cc1ccc([N+](=O)[O-])cc1)C(=O)N1CCn2c(nc(-c3cccc(F)c3)c2Nc2ccc(F)cc2)C1. The average molecular weight is 563 g/mol. The Morgan fingerprint density at radius 1 is 1.02 bits per heavy atom. The number of carbonyl (C=O) groups excluding carboxylic acids is 1. The number of carboxylic acid groups (broad SMARTS) is 1. The van der Waals surface area contributed by atoms with E-state index < -0.39 is 34.6 Å². The van der Waals surface area contributed by atoms with E-state index >= 15 is 0 Å². The quantitative estimate of drug-likeness (QED) is 0.209. The van der Waals surface area contributed by atoms with Crippen LogP contribution in [0.3, 0.4) is 0 Å². The van der Waals surface area contributed by atoms with Gasteiger partial charge in [-0.2, -0.15) is 0 Å². The van der Waals surface area contributed by atoms with Gasteiger partial charge in [0.1, 0.15) is 35.0 Å². The third-order valence-corrected chi connectivity index (χ3v) is 6.67. The highest BCUT2D eigenvalue weighted by atomic mass is 19.1. The van der Waals surface area contributed by atoms with Crippen molar-refractivity contribution >= 4 is 29.2 Å². The lowest BCUT2D eigenvalue weighted by molar-refractivity contribution is -0.384. The number of anilines is 2. The van der Waals surface area contributed by atoms with E-state index in [1.165, 1.54) is 53.4 Å². The number of benzene rings is 3. The van der Waals surface area contributed by atoms with Crippen LogP contribution < -0.4 is 10.6 Å². The van der Waals surface area contributed by atoms with E-state index in [1.54, 1.807) is 24.3 Å². The van der Waals surface area contributed by atoms with Crippen LogP contribution >= 0.6 is 0 Å². The van der Waals surface area contributed by atoms with Crippen LogP contribution in [-0.4, -0.2) is 49.1 Å². The Labute approximate surface area is 232 Å². The minimum Gasteiger partial charge on any atom is -0.465 e. The van der Waals surface area contributed by atoms with Gasteiger partial charge in [-0.3, -0.25) is 14.9 Å². The van der Waals surface area contributed by atoms with Crippen LogP contribution in [0.15, 0.2) is 72.8 Å². The minimum atomic E-state index is -1.39. The third-order valence-electron chi connectivity index (χ3n) is 6.67. The lowest BCUT2D eigenvalue weighted by Gasteiger charge is -2.31. The molecule has 0 unspecified atom stereocenters. The summed E-state index contributed by atoms with van der Waals surface area (Å²) >= 11 is 0. The second-order valence-electron chi connectivity index (χ2n) is 9.41. The van der Waals surface area contributed by atoms with Gasteiger partial charge in [-0.15, -0.1) is 0 Å². The Bertz CT molecular complexity index is 1610. The predicted molar refractivity (Wildman–Crippen MR) is 144 cm³/mol. The van der Waals surface area contributed by atoms with Crippen LogP contribution in [0.25, 0.3) is 11.3 Å². The molecule has 1 aromatic heterocycles. The smallest absolute Gasteiger partial charge is 0.405 e. The maximum absolute atomic E-state index is 14.1. The lowest BCUT2D eigenvalue weighted by Crippen LogP contribution is -2.51. The number of rotatable bonds is 8. The molecule has 1 aliphatic heterocycles. The minimum absolute atomic E-state index is 0.0139. The van der Waals surface area contributed by atoms with Crippen molar-refractivity contribution in [1.29, 1.82) is 0 Å². The molecule has 13 heteroatoms. The summed E-state index contributed by atoms with van der Waals surface area (Å²) in [4.78, 5) is 41.6. The molecule has 4 aromatic rings. The van der Waals surface area contributed by atoms with E-state index in [1.807, 2.05) is 4.57 Å². The van der Waals surface area contributed by atoms with Gasteiger partial charge in [-0.05, 0) is 42.0 Å². The number of non-ortho nitro benzene ring substituents is 1. The Morgan fingerprint density at radius 3 is 2.41 bits per heavy atom. The molecule has 2 heterocycles. The number of hydrogen-bond donors (Lipinski definition) is 3. The fourth-order valence-corrected chi connectivity index (χ4v) is 4.71. The summed E-state index contributed by atoms with van der Waals surface area (Å²) in [5.41, 5.74) is 1.94. The summed E-state index contributed by atoms with van der Waals surface area (Å²) in [7, 11) is 0. The summed E-state index contributed by atoms with van der Waals surface area (Å²) < 4.78 is 29.4. The summed E-state index contributed by atoms with van der Waals surface area (Å²) in [5, 5.41) is 25.8. The maximum atomic E-state index is 14.1. The highest BCUT2D eigenvalue weighted by Gasteiger charge is 2.32. The molecule has 1 aliphatic rings. The molecule has 3 N–H and O–H groups in total. The van der Waals surface area contributed by atoms with Crippen molar-refractivity contribution in [3.8, 4) is 11.3 Å². The van der Waals surface area contributed by atoms with Crippen molar-refractivity contribution in [2.45, 2.75) is 25.6 Å². The predicted octanol–water partition coefficient (Wildman–Crippen LogP) is 4.70. The molecule has 11 nitrogen and oxygen atoms in total. The summed E-state index contributed by atoms with van der Waals surface area (Å²) in [6, 6.07) is 16.0. The second kappa shape index (κ2) is 11.4. The fourth-order valence-electron chi connectivity index (χ4n) is 4.71. The maximum Gasteiger partial charge on any atom is 0.405 e. The van der Waals surface area contributed by atoms with Gasteiger partial charge >= 0.3 is 6.09 Å². The molecule has 0 fully saturated rings. The Morgan fingerprint density at radius 2 is 1.76 bits per heavy atom. The molecular weight excluding hydrogens is 538 g/mol. The highest BCUT2D eigenvalue weighted by molar-refractivity contribution is 5.86. The summed E-state index contributed by atoms with van der Waals surface area (Å²) in [6.07, 6.45) is -1.40. The van der Waals surface area contributed by atoms with Gasteiger partial charge in [0.05, 0.1) is 11.5 Å². The van der Waals surface area contributed by atoms with Crippen LogP contribution in [0.1, 0.15) is 11.4 Å². The van der Waals surface area contributed by atoms with Crippen LogP contribution in [-0.2, 0) is 24.3 Å². The first-order valence-corrected chi connectivity index (χ1v) is 12.6. The van der Waals surface area contributed by atoms with Crippen molar-refractivity contribution < 1.29 is 28.4 Å². The summed E-state index contributed by atoms with van der Waals surface area (Å²) in [6.45, 7) is 0.565. The van der Waals surface area contributed by atoms with Crippen molar-refractivity contribution in [3.05, 3.63) is 106 Å². The van der Waals surface area contributed by atoms with Crippen LogP contribution in [0.2, 0.25) is 0 Å². The van der Waals surface area contributed by atoms with Crippen LogP contribution in [0.5, 0.6) is 0 Å². The lowest BCUT2D eigenvalue weighted by atomic mass is 10.0. The second-order valence-corrected chi connectivity index (χ2v) is 9.41. The van der Waals surface area contributed by atoms with Crippen LogP contribution in [0, 0.1) is 21.7 Å². The standard InChI is InChI=1S/C28H24F2N6O5/c29-19-6-8-21(9-7-19)31-26-25(18-2-1-3-20(30)15-18)33-24-16-34(12-13-35(24)26)27(37)23(32-28(38)39)14-17-4-10-22(11-5-17)36(40)41/h1-11,15,23,31-32H,12-14,16H2,(H,38,39)/t23-/m0/s1. The number of nitrogens with zero attached hydrogens (tertiary/aromatic N) is 4. The molecular formula is C28H24F2N6O5. The monoisotopic (exact) mass is 562 g/mol. The number of halogens is 2. The van der Waals surface area contributed by atoms with E-state index in [9.17, 15) is 33.6 Å². The molecule has 41 heavy (non-hydrogen) atoms. The number of nitro benzene ring substituents is 1. The van der Waals surface area contributed by atoms with E-state index in [-0.39, 0.29) is 25.2 Å². The molecule has 5 rings (SSSR count). The number of carbonyl (C=O) groups is 2. The van der Waals surface area contributed by atoms with Gasteiger partial charge in [0, 0.05) is 42.9 Å². The van der Waals surface area contributed by atoms with E-state index in [0.29, 0.717) is 40.7 Å². The Balaban J connectivity index is 1.43. The highest BCUT2D eigenvalue weighted by Crippen LogP contribution is 2.33. The molecule has 0 bridgehead atoms.